The molecule has 2 rings (SSSR count). The van der Waals surface area contributed by atoms with E-state index in [1.165, 1.54) is 17.7 Å². The first-order chi connectivity index (χ1) is 7.13. The van der Waals surface area contributed by atoms with Crippen molar-refractivity contribution < 1.29 is 14.6 Å². The lowest BCUT2D eigenvalue weighted by Gasteiger charge is -2.01. The van der Waals surface area contributed by atoms with E-state index in [-0.39, 0.29) is 17.2 Å². The fraction of sp³-hybridized carbons (Fsp3) is 0.250. The predicted molar refractivity (Wildman–Crippen MR) is 48.5 cm³/mol. The summed E-state index contributed by atoms with van der Waals surface area (Å²) >= 11 is 0. The summed E-state index contributed by atoms with van der Waals surface area (Å²) in [5.74, 6) is -0.884. The second-order valence-electron chi connectivity index (χ2n) is 2.92. The molecule has 0 radical (unpaired) electrons. The van der Waals surface area contributed by atoms with Gasteiger partial charge in [0.2, 0.25) is 5.65 Å². The van der Waals surface area contributed by atoms with E-state index in [0.717, 1.165) is 0 Å². The van der Waals surface area contributed by atoms with E-state index < -0.39 is 5.97 Å². The molecule has 15 heavy (non-hydrogen) atoms. The number of hydrogen-bond donors (Lipinski definition) is 1. The zero-order chi connectivity index (χ0) is 11.0. The van der Waals surface area contributed by atoms with Gasteiger partial charge in [-0.1, -0.05) is 10.3 Å². The van der Waals surface area contributed by atoms with E-state index in [1.54, 1.807) is 6.92 Å². The van der Waals surface area contributed by atoms with E-state index in [0.29, 0.717) is 5.69 Å². The van der Waals surface area contributed by atoms with Crippen LogP contribution >= 0.6 is 0 Å². The second-order valence-corrected chi connectivity index (χ2v) is 2.92. The fourth-order valence-corrected chi connectivity index (χ4v) is 1.22. The molecule has 0 unspecified atom stereocenters. The zero-order valence-corrected chi connectivity index (χ0v) is 8.13. The summed E-state index contributed by atoms with van der Waals surface area (Å²) in [4.78, 5) is 15.1. The highest BCUT2D eigenvalue weighted by atomic mass is 16.5. The lowest BCUT2D eigenvalue weighted by molar-refractivity contribution is 0.0594. The Hall–Kier alpha value is -2.18. The summed E-state index contributed by atoms with van der Waals surface area (Å²) < 4.78 is 5.86. The Morgan fingerprint density at radius 3 is 3.00 bits per heavy atom. The van der Waals surface area contributed by atoms with Crippen molar-refractivity contribution in [2.24, 2.45) is 0 Å². The molecule has 7 nitrogen and oxygen atoms in total. The molecule has 0 aliphatic carbocycles. The van der Waals surface area contributed by atoms with E-state index >= 15 is 0 Å². The van der Waals surface area contributed by atoms with Crippen LogP contribution in [0.15, 0.2) is 6.07 Å². The van der Waals surface area contributed by atoms with E-state index in [1.807, 2.05) is 0 Å². The number of aryl methyl sites for hydroxylation is 1. The van der Waals surface area contributed by atoms with Crippen molar-refractivity contribution in [3.63, 3.8) is 0 Å². The van der Waals surface area contributed by atoms with Gasteiger partial charge in [0.25, 0.3) is 5.88 Å². The number of aromatic nitrogens is 4. The Morgan fingerprint density at radius 1 is 1.60 bits per heavy atom. The summed E-state index contributed by atoms with van der Waals surface area (Å²) in [5, 5.41) is 16.4. The van der Waals surface area contributed by atoms with Crippen LogP contribution in [0.3, 0.4) is 0 Å². The molecule has 0 fully saturated rings. The minimum atomic E-state index is -0.568. The maximum Gasteiger partial charge on any atom is 0.356 e. The smallest absolute Gasteiger partial charge is 0.356 e. The molecule has 0 bridgehead atoms. The average Bonchev–Trinajstić information content (AvgIpc) is 2.60. The summed E-state index contributed by atoms with van der Waals surface area (Å²) in [6, 6.07) is 1.51. The van der Waals surface area contributed by atoms with Crippen LogP contribution in [0.2, 0.25) is 0 Å². The minimum Gasteiger partial charge on any atom is -0.489 e. The van der Waals surface area contributed by atoms with Gasteiger partial charge in [-0.25, -0.2) is 9.78 Å². The van der Waals surface area contributed by atoms with Gasteiger partial charge in [-0.3, -0.25) is 0 Å². The number of ether oxygens (including phenoxy) is 1. The number of carbonyl (C=O) groups excluding carboxylic acids is 1. The molecular weight excluding hydrogens is 200 g/mol. The molecule has 0 saturated heterocycles. The highest BCUT2D eigenvalue weighted by molar-refractivity contribution is 5.87. The van der Waals surface area contributed by atoms with E-state index in [2.05, 4.69) is 20.0 Å². The number of rotatable bonds is 1. The molecule has 0 aliphatic heterocycles. The van der Waals surface area contributed by atoms with Gasteiger partial charge in [-0.05, 0) is 13.0 Å². The monoisotopic (exact) mass is 208 g/mol. The van der Waals surface area contributed by atoms with Crippen molar-refractivity contribution in [1.29, 1.82) is 0 Å². The van der Waals surface area contributed by atoms with Gasteiger partial charge in [0, 0.05) is 5.69 Å². The van der Waals surface area contributed by atoms with Crippen LogP contribution in [-0.2, 0) is 4.74 Å². The van der Waals surface area contributed by atoms with Crippen LogP contribution in [0.5, 0.6) is 5.88 Å². The molecular formula is C8H8N4O3. The molecule has 0 aromatic carbocycles. The Morgan fingerprint density at radius 2 is 2.33 bits per heavy atom. The van der Waals surface area contributed by atoms with Gasteiger partial charge < -0.3 is 9.84 Å². The van der Waals surface area contributed by atoms with Crippen LogP contribution in [0.4, 0.5) is 0 Å². The van der Waals surface area contributed by atoms with Crippen molar-refractivity contribution in [3.05, 3.63) is 17.5 Å². The fourth-order valence-electron chi connectivity index (χ4n) is 1.22. The summed E-state index contributed by atoms with van der Waals surface area (Å²) in [7, 11) is 1.26. The molecule has 2 aromatic rings. The minimum absolute atomic E-state index is 0.111. The number of hydrogen-bond acceptors (Lipinski definition) is 6. The van der Waals surface area contributed by atoms with Crippen molar-refractivity contribution >= 4 is 11.6 Å². The first kappa shape index (κ1) is 9.38. The van der Waals surface area contributed by atoms with Gasteiger partial charge in [-0.15, -0.1) is 0 Å². The standard InChI is InChI=1S/C8H8N4O3/c1-4-3-5(8(14)15-2)9-6-7(13)10-11-12(4)6/h3,13H,1-2H3. The Kier molecular flexibility index (Phi) is 2.00. The number of esters is 1. The van der Waals surface area contributed by atoms with Gasteiger partial charge in [0.1, 0.15) is 0 Å². The van der Waals surface area contributed by atoms with Crippen molar-refractivity contribution in [1.82, 2.24) is 19.8 Å². The number of carbonyl (C=O) groups is 1. The van der Waals surface area contributed by atoms with Gasteiger partial charge in [-0.2, -0.15) is 4.52 Å². The van der Waals surface area contributed by atoms with Gasteiger partial charge in [0.05, 0.1) is 7.11 Å². The van der Waals surface area contributed by atoms with Crippen LogP contribution in [0.1, 0.15) is 16.2 Å². The van der Waals surface area contributed by atoms with Gasteiger partial charge in [0.15, 0.2) is 5.69 Å². The normalized spacial score (nSPS) is 10.5. The molecule has 1 N–H and O–H groups in total. The van der Waals surface area contributed by atoms with E-state index in [4.69, 9.17) is 0 Å². The molecule has 2 aromatic heterocycles. The molecule has 0 saturated carbocycles. The lowest BCUT2D eigenvalue weighted by atomic mass is 10.3. The highest BCUT2D eigenvalue weighted by Gasteiger charge is 2.14. The third-order valence-corrected chi connectivity index (χ3v) is 1.93. The first-order valence-corrected chi connectivity index (χ1v) is 4.14. The van der Waals surface area contributed by atoms with Crippen molar-refractivity contribution in [3.8, 4) is 5.88 Å². The molecule has 0 amide bonds. The van der Waals surface area contributed by atoms with Crippen molar-refractivity contribution in [2.45, 2.75) is 6.92 Å². The molecule has 78 valence electrons. The van der Waals surface area contributed by atoms with Crippen LogP contribution in [0, 0.1) is 6.92 Å². The molecule has 0 spiro atoms. The summed E-state index contributed by atoms with van der Waals surface area (Å²) in [6.45, 7) is 1.72. The third-order valence-electron chi connectivity index (χ3n) is 1.93. The molecule has 0 aliphatic rings. The maximum atomic E-state index is 11.2. The maximum absolute atomic E-state index is 11.2. The number of methoxy groups -OCH3 is 1. The molecule has 2 heterocycles. The lowest BCUT2D eigenvalue weighted by Crippen LogP contribution is -2.07. The Balaban J connectivity index is 2.70. The number of fused-ring (bicyclic) bond motifs is 1. The third kappa shape index (κ3) is 1.37. The molecule has 0 atom stereocenters. The van der Waals surface area contributed by atoms with Crippen LogP contribution < -0.4 is 0 Å². The quantitative estimate of drug-likeness (QED) is 0.659. The summed E-state index contributed by atoms with van der Waals surface area (Å²) in [5.41, 5.74) is 0.878. The average molecular weight is 208 g/mol. The zero-order valence-electron chi connectivity index (χ0n) is 8.13. The first-order valence-electron chi connectivity index (χ1n) is 4.14. The Labute approximate surface area is 84.3 Å². The topological polar surface area (TPSA) is 89.6 Å². The van der Waals surface area contributed by atoms with E-state index in [9.17, 15) is 9.90 Å². The molecule has 7 heteroatoms. The SMILES string of the molecule is COC(=O)c1cc(C)n2nnc(O)c2n1. The van der Waals surface area contributed by atoms with Gasteiger partial charge >= 0.3 is 5.97 Å². The second kappa shape index (κ2) is 3.19. The highest BCUT2D eigenvalue weighted by Crippen LogP contribution is 2.14. The van der Waals surface area contributed by atoms with Crippen molar-refractivity contribution in [2.75, 3.05) is 7.11 Å². The largest absolute Gasteiger partial charge is 0.489 e. The van der Waals surface area contributed by atoms with Crippen LogP contribution in [-0.4, -0.2) is 38.0 Å². The number of nitrogens with zero attached hydrogens (tertiary/aromatic N) is 4. The predicted octanol–water partition coefficient (Wildman–Crippen LogP) is -0.0751. The number of aromatic hydroxyl groups is 1. The Bertz CT molecular complexity index is 534. The van der Waals surface area contributed by atoms with Crippen LogP contribution in [0.25, 0.3) is 5.65 Å². The summed E-state index contributed by atoms with van der Waals surface area (Å²) in [6.07, 6.45) is 0.